The molecule has 0 aromatic rings. The molecule has 5 heteroatoms. The Morgan fingerprint density at radius 1 is 0.947 bits per heavy atom. The largest absolute Gasteiger partial charge is 0.460 e. The van der Waals surface area contributed by atoms with E-state index in [0.29, 0.717) is 32.8 Å². The molecule has 19 heavy (non-hydrogen) atoms. The van der Waals surface area contributed by atoms with E-state index in [1.807, 2.05) is 20.8 Å². The second-order valence-electron chi connectivity index (χ2n) is 5.35. The van der Waals surface area contributed by atoms with Crippen molar-refractivity contribution in [3.8, 4) is 0 Å². The quantitative estimate of drug-likeness (QED) is 0.461. The van der Waals surface area contributed by atoms with Crippen LogP contribution in [0.4, 0.5) is 0 Å². The molecule has 0 rings (SSSR count). The van der Waals surface area contributed by atoms with Crippen LogP contribution in [0.1, 0.15) is 46.5 Å². The van der Waals surface area contributed by atoms with Gasteiger partial charge in [0.25, 0.3) is 0 Å². The van der Waals surface area contributed by atoms with E-state index in [0.717, 1.165) is 19.3 Å². The molecule has 0 aliphatic rings. The van der Waals surface area contributed by atoms with Gasteiger partial charge in [0.1, 0.15) is 5.60 Å². The fraction of sp³-hybridized carbons (Fsp3) is 0.929. The highest BCUT2D eigenvalue weighted by molar-refractivity contribution is 5.69. The van der Waals surface area contributed by atoms with Crippen LogP contribution in [0.15, 0.2) is 0 Å². The topological polar surface area (TPSA) is 65.0 Å². The number of aliphatic hydroxyl groups excluding tert-OH is 1. The first-order valence-corrected chi connectivity index (χ1v) is 6.94. The minimum Gasteiger partial charge on any atom is -0.460 e. The van der Waals surface area contributed by atoms with Crippen molar-refractivity contribution >= 4 is 5.97 Å². The summed E-state index contributed by atoms with van der Waals surface area (Å²) < 4.78 is 15.6. The number of hydrogen-bond donors (Lipinski definition) is 1. The molecule has 0 fully saturated rings. The first kappa shape index (κ1) is 18.4. The molecule has 5 nitrogen and oxygen atoms in total. The van der Waals surface area contributed by atoms with Gasteiger partial charge in [-0.1, -0.05) is 6.42 Å². The van der Waals surface area contributed by atoms with Crippen molar-refractivity contribution in [3.63, 3.8) is 0 Å². The second kappa shape index (κ2) is 11.2. The highest BCUT2D eigenvalue weighted by Gasteiger charge is 2.15. The first-order chi connectivity index (χ1) is 8.95. The minimum atomic E-state index is -0.394. The van der Waals surface area contributed by atoms with Crippen LogP contribution in [-0.2, 0) is 19.0 Å². The van der Waals surface area contributed by atoms with Crippen molar-refractivity contribution in [3.05, 3.63) is 0 Å². The van der Waals surface area contributed by atoms with Crippen LogP contribution >= 0.6 is 0 Å². The van der Waals surface area contributed by atoms with Gasteiger partial charge in [0.2, 0.25) is 0 Å². The van der Waals surface area contributed by atoms with E-state index in [4.69, 9.17) is 19.3 Å². The van der Waals surface area contributed by atoms with E-state index in [1.165, 1.54) is 0 Å². The molecule has 0 amide bonds. The molecule has 0 aliphatic heterocycles. The lowest BCUT2D eigenvalue weighted by atomic mass is 10.1. The normalized spacial score (nSPS) is 11.6. The summed E-state index contributed by atoms with van der Waals surface area (Å²) in [6, 6.07) is 0. The van der Waals surface area contributed by atoms with Crippen LogP contribution in [0.2, 0.25) is 0 Å². The molecule has 0 heterocycles. The zero-order valence-electron chi connectivity index (χ0n) is 12.4. The number of esters is 1. The molecule has 0 saturated heterocycles. The summed E-state index contributed by atoms with van der Waals surface area (Å²) in [4.78, 5) is 11.4. The molecule has 0 spiro atoms. The third kappa shape index (κ3) is 15.3. The highest BCUT2D eigenvalue weighted by atomic mass is 16.6. The minimum absolute atomic E-state index is 0.0463. The first-order valence-electron chi connectivity index (χ1n) is 6.94. The number of rotatable bonds is 11. The van der Waals surface area contributed by atoms with Crippen LogP contribution in [-0.4, -0.2) is 49.7 Å². The summed E-state index contributed by atoms with van der Waals surface area (Å²) >= 11 is 0. The fourth-order valence-corrected chi connectivity index (χ4v) is 1.43. The molecule has 0 aromatic heterocycles. The van der Waals surface area contributed by atoms with E-state index >= 15 is 0 Å². The zero-order valence-corrected chi connectivity index (χ0v) is 12.4. The summed E-state index contributed by atoms with van der Waals surface area (Å²) in [5.74, 6) is -0.133. The fourth-order valence-electron chi connectivity index (χ4n) is 1.43. The van der Waals surface area contributed by atoms with E-state index in [-0.39, 0.29) is 12.6 Å². The number of aliphatic hydroxyl groups is 1. The average molecular weight is 276 g/mol. The maximum absolute atomic E-state index is 11.4. The van der Waals surface area contributed by atoms with Gasteiger partial charge in [-0.05, 0) is 33.6 Å². The van der Waals surface area contributed by atoms with Crippen LogP contribution in [0, 0.1) is 0 Å². The van der Waals surface area contributed by atoms with Crippen molar-refractivity contribution in [2.75, 3.05) is 33.0 Å². The van der Waals surface area contributed by atoms with Gasteiger partial charge >= 0.3 is 5.97 Å². The molecule has 0 bridgehead atoms. The number of unbranched alkanes of at least 4 members (excludes halogenated alkanes) is 2. The van der Waals surface area contributed by atoms with Crippen molar-refractivity contribution < 1.29 is 24.1 Å². The molecule has 0 saturated carbocycles. The summed E-state index contributed by atoms with van der Waals surface area (Å²) in [6.07, 6.45) is 3.19. The van der Waals surface area contributed by atoms with Gasteiger partial charge in [0, 0.05) is 13.0 Å². The summed E-state index contributed by atoms with van der Waals surface area (Å²) in [6.45, 7) is 7.76. The molecular weight excluding hydrogens is 248 g/mol. The van der Waals surface area contributed by atoms with Crippen molar-refractivity contribution in [1.82, 2.24) is 0 Å². The standard InChI is InChI=1S/C14H28O5/c1-14(2,3)19-13(16)7-5-4-6-9-17-11-12-18-10-8-15/h15H,4-12H2,1-3H3. The molecule has 114 valence electrons. The van der Waals surface area contributed by atoms with E-state index in [1.54, 1.807) is 0 Å². The second-order valence-corrected chi connectivity index (χ2v) is 5.35. The lowest BCUT2D eigenvalue weighted by Crippen LogP contribution is -2.23. The zero-order chi connectivity index (χ0) is 14.6. The lowest BCUT2D eigenvalue weighted by molar-refractivity contribution is -0.154. The van der Waals surface area contributed by atoms with E-state index in [2.05, 4.69) is 0 Å². The van der Waals surface area contributed by atoms with E-state index in [9.17, 15) is 4.79 Å². The molecule has 0 unspecified atom stereocenters. The van der Waals surface area contributed by atoms with Crippen molar-refractivity contribution in [2.45, 2.75) is 52.1 Å². The predicted molar refractivity (Wildman–Crippen MR) is 73.0 cm³/mol. The van der Waals surface area contributed by atoms with Gasteiger partial charge in [-0.25, -0.2) is 0 Å². The van der Waals surface area contributed by atoms with Crippen molar-refractivity contribution in [2.24, 2.45) is 0 Å². The third-order valence-corrected chi connectivity index (χ3v) is 2.20. The smallest absolute Gasteiger partial charge is 0.306 e. The number of carbonyl (C=O) groups is 1. The number of hydrogen-bond acceptors (Lipinski definition) is 5. The van der Waals surface area contributed by atoms with Crippen LogP contribution in [0.5, 0.6) is 0 Å². The molecule has 0 aliphatic carbocycles. The van der Waals surface area contributed by atoms with Gasteiger partial charge in [-0.3, -0.25) is 4.79 Å². The SMILES string of the molecule is CC(C)(C)OC(=O)CCCCCOCCOCCO. The van der Waals surface area contributed by atoms with Crippen molar-refractivity contribution in [1.29, 1.82) is 0 Å². The Kier molecular flexibility index (Phi) is 10.8. The number of carbonyl (C=O) groups excluding carboxylic acids is 1. The average Bonchev–Trinajstić information content (AvgIpc) is 2.29. The van der Waals surface area contributed by atoms with Crippen LogP contribution in [0.25, 0.3) is 0 Å². The maximum Gasteiger partial charge on any atom is 0.306 e. The monoisotopic (exact) mass is 276 g/mol. The summed E-state index contributed by atoms with van der Waals surface area (Å²) in [7, 11) is 0. The Morgan fingerprint density at radius 2 is 1.58 bits per heavy atom. The Bertz CT molecular complexity index is 222. The third-order valence-electron chi connectivity index (χ3n) is 2.20. The maximum atomic E-state index is 11.4. The Balaban J connectivity index is 3.21. The Hall–Kier alpha value is -0.650. The predicted octanol–water partition coefficient (Wildman–Crippen LogP) is 1.91. The number of ether oxygens (including phenoxy) is 3. The van der Waals surface area contributed by atoms with E-state index < -0.39 is 5.60 Å². The summed E-state index contributed by atoms with van der Waals surface area (Å²) in [5.41, 5.74) is -0.394. The lowest BCUT2D eigenvalue weighted by Gasteiger charge is -2.19. The molecule has 0 aromatic carbocycles. The molecule has 0 radical (unpaired) electrons. The van der Waals surface area contributed by atoms with Gasteiger partial charge < -0.3 is 19.3 Å². The summed E-state index contributed by atoms with van der Waals surface area (Å²) in [5, 5.41) is 8.48. The van der Waals surface area contributed by atoms with Crippen LogP contribution < -0.4 is 0 Å². The van der Waals surface area contributed by atoms with Gasteiger partial charge in [-0.15, -0.1) is 0 Å². The van der Waals surface area contributed by atoms with Gasteiger partial charge in [-0.2, -0.15) is 0 Å². The molecule has 0 atom stereocenters. The van der Waals surface area contributed by atoms with Gasteiger partial charge in [0.05, 0.1) is 26.4 Å². The van der Waals surface area contributed by atoms with Gasteiger partial charge in [0.15, 0.2) is 0 Å². The Labute approximate surface area is 116 Å². The molecule has 1 N–H and O–H groups in total. The Morgan fingerprint density at radius 3 is 2.16 bits per heavy atom. The molecular formula is C14H28O5. The van der Waals surface area contributed by atoms with Crippen LogP contribution in [0.3, 0.4) is 0 Å². The highest BCUT2D eigenvalue weighted by Crippen LogP contribution is 2.10.